The molecule has 2 amide bonds. The number of hydrogen-bond acceptors (Lipinski definition) is 7. The molecule has 3 heterocycles. The van der Waals surface area contributed by atoms with E-state index < -0.39 is 21.7 Å². The van der Waals surface area contributed by atoms with Gasteiger partial charge in [0.2, 0.25) is 11.8 Å². The van der Waals surface area contributed by atoms with Gasteiger partial charge in [-0.15, -0.1) is 0 Å². The lowest BCUT2D eigenvalue weighted by Crippen LogP contribution is -2.31. The number of hydrogen-bond donors (Lipinski definition) is 1. The van der Waals surface area contributed by atoms with Gasteiger partial charge in [-0.1, -0.05) is 11.2 Å². The Bertz CT molecular complexity index is 795. The average molecular weight is 338 g/mol. The van der Waals surface area contributed by atoms with E-state index in [1.54, 1.807) is 12.2 Å². The molecule has 122 valence electrons. The van der Waals surface area contributed by atoms with E-state index in [0.717, 1.165) is 0 Å². The van der Waals surface area contributed by atoms with Crippen LogP contribution in [0.5, 0.6) is 0 Å². The summed E-state index contributed by atoms with van der Waals surface area (Å²) in [5.41, 5.74) is 0. The molecule has 1 fully saturated rings. The molecule has 1 aromatic rings. The minimum Gasteiger partial charge on any atom is -0.347 e. The van der Waals surface area contributed by atoms with Crippen molar-refractivity contribution in [2.45, 2.75) is 18.9 Å². The largest absolute Gasteiger partial charge is 0.347 e. The van der Waals surface area contributed by atoms with Gasteiger partial charge in [0.1, 0.15) is 5.92 Å². The predicted octanol–water partition coefficient (Wildman–Crippen LogP) is -0.629. The molecule has 0 aromatic carbocycles. The third-order valence-electron chi connectivity index (χ3n) is 3.64. The van der Waals surface area contributed by atoms with E-state index >= 15 is 0 Å². The number of carbonyl (C=O) groups is 2. The number of aromatic nitrogens is 2. The maximum Gasteiger partial charge on any atom is 0.260 e. The van der Waals surface area contributed by atoms with Crippen molar-refractivity contribution in [3.8, 4) is 0 Å². The zero-order valence-corrected chi connectivity index (χ0v) is 12.8. The molecule has 9 nitrogen and oxygen atoms in total. The minimum absolute atomic E-state index is 0.0176. The molecule has 10 heteroatoms. The molecular formula is C13H14N4O5S. The summed E-state index contributed by atoms with van der Waals surface area (Å²) in [7, 11) is -3.11. The summed E-state index contributed by atoms with van der Waals surface area (Å²) in [4.78, 5) is 31.2. The van der Waals surface area contributed by atoms with Crippen LogP contribution in [0.2, 0.25) is 0 Å². The fourth-order valence-electron chi connectivity index (χ4n) is 2.41. The van der Waals surface area contributed by atoms with E-state index in [9.17, 15) is 18.0 Å². The molecule has 0 radical (unpaired) electrons. The third kappa shape index (κ3) is 3.52. The van der Waals surface area contributed by atoms with Crippen LogP contribution in [0.3, 0.4) is 0 Å². The van der Waals surface area contributed by atoms with E-state index in [1.165, 1.54) is 6.21 Å². The van der Waals surface area contributed by atoms with Crippen LogP contribution in [-0.4, -0.2) is 48.1 Å². The van der Waals surface area contributed by atoms with Gasteiger partial charge in [-0.3, -0.25) is 9.59 Å². The fourth-order valence-corrected chi connectivity index (χ4v) is 4.15. The number of aliphatic imine (C=N–C) groups is 1. The maximum atomic E-state index is 11.9. The second-order valence-electron chi connectivity index (χ2n) is 5.34. The first-order chi connectivity index (χ1) is 10.9. The van der Waals surface area contributed by atoms with Crippen molar-refractivity contribution in [3.05, 3.63) is 23.9 Å². The van der Waals surface area contributed by atoms with E-state index in [-0.39, 0.29) is 41.6 Å². The van der Waals surface area contributed by atoms with Crippen LogP contribution in [0.4, 0.5) is 0 Å². The summed E-state index contributed by atoms with van der Waals surface area (Å²) in [6.07, 6.45) is 4.93. The van der Waals surface area contributed by atoms with Crippen LogP contribution in [0.1, 0.15) is 24.1 Å². The molecule has 2 aliphatic heterocycles. The lowest BCUT2D eigenvalue weighted by atomic mass is 10.1. The van der Waals surface area contributed by atoms with E-state index in [0.29, 0.717) is 6.42 Å². The van der Waals surface area contributed by atoms with Gasteiger partial charge in [0.25, 0.3) is 5.91 Å². The standard InChI is InChI=1S/C13H14N4O5S/c18-12(8-3-5-23(20,21)7-8)15-6-10-16-11(17-22-10)9-2-1-4-14-13(9)19/h1-2,4,8-9H,3,5-7H2,(H,15,18). The fraction of sp³-hybridized carbons (Fsp3) is 0.462. The van der Waals surface area contributed by atoms with Gasteiger partial charge < -0.3 is 9.84 Å². The normalized spacial score (nSPS) is 25.7. The molecule has 0 saturated carbocycles. The number of nitrogens with one attached hydrogen (secondary N) is 1. The van der Waals surface area contributed by atoms with Crippen molar-refractivity contribution in [2.75, 3.05) is 11.5 Å². The number of sulfone groups is 1. The van der Waals surface area contributed by atoms with Crippen LogP contribution in [0, 0.1) is 5.92 Å². The van der Waals surface area contributed by atoms with Gasteiger partial charge in [0.15, 0.2) is 15.7 Å². The van der Waals surface area contributed by atoms with Gasteiger partial charge >= 0.3 is 0 Å². The molecule has 2 atom stereocenters. The highest BCUT2D eigenvalue weighted by Gasteiger charge is 2.33. The molecule has 23 heavy (non-hydrogen) atoms. The molecule has 1 saturated heterocycles. The average Bonchev–Trinajstić information content (AvgIpc) is 3.12. The Balaban J connectivity index is 1.57. The van der Waals surface area contributed by atoms with Crippen molar-refractivity contribution in [3.63, 3.8) is 0 Å². The SMILES string of the molecule is O=C(NCc1nc(C2C=CC=NC2=O)no1)C1CCS(=O)(=O)C1. The molecule has 1 aromatic heterocycles. The topological polar surface area (TPSA) is 132 Å². The Labute approximate surface area is 131 Å². The summed E-state index contributed by atoms with van der Waals surface area (Å²) in [6, 6.07) is 0. The first-order valence-electron chi connectivity index (χ1n) is 7.00. The second-order valence-corrected chi connectivity index (χ2v) is 7.57. The highest BCUT2D eigenvalue weighted by Crippen LogP contribution is 2.19. The Morgan fingerprint density at radius 3 is 2.96 bits per heavy atom. The van der Waals surface area contributed by atoms with Crippen molar-refractivity contribution >= 4 is 27.9 Å². The Hall–Kier alpha value is -2.36. The first-order valence-corrected chi connectivity index (χ1v) is 8.82. The molecule has 2 unspecified atom stereocenters. The van der Waals surface area contributed by atoms with Gasteiger partial charge in [-0.25, -0.2) is 13.4 Å². The number of carbonyl (C=O) groups excluding carboxylic acids is 2. The summed E-state index contributed by atoms with van der Waals surface area (Å²) in [6.45, 7) is -0.0176. The Morgan fingerprint density at radius 1 is 1.43 bits per heavy atom. The van der Waals surface area contributed by atoms with Crippen molar-refractivity contribution < 1.29 is 22.5 Å². The van der Waals surface area contributed by atoms with Crippen LogP contribution in [0.15, 0.2) is 21.7 Å². The third-order valence-corrected chi connectivity index (χ3v) is 5.40. The summed E-state index contributed by atoms with van der Waals surface area (Å²) in [5.74, 6) is -1.75. The number of rotatable bonds is 4. The molecule has 3 rings (SSSR count). The van der Waals surface area contributed by atoms with Crippen LogP contribution in [-0.2, 0) is 26.0 Å². The molecule has 2 aliphatic rings. The highest BCUT2D eigenvalue weighted by molar-refractivity contribution is 7.91. The van der Waals surface area contributed by atoms with Crippen molar-refractivity contribution in [1.29, 1.82) is 0 Å². The highest BCUT2D eigenvalue weighted by atomic mass is 32.2. The lowest BCUT2D eigenvalue weighted by Gasteiger charge is -2.07. The smallest absolute Gasteiger partial charge is 0.260 e. The molecule has 0 aliphatic carbocycles. The second kappa shape index (κ2) is 6.03. The summed E-state index contributed by atoms with van der Waals surface area (Å²) >= 11 is 0. The van der Waals surface area contributed by atoms with E-state index in [4.69, 9.17) is 4.52 Å². The van der Waals surface area contributed by atoms with Gasteiger partial charge in [0, 0.05) is 6.21 Å². The Morgan fingerprint density at radius 2 is 2.26 bits per heavy atom. The summed E-state index contributed by atoms with van der Waals surface area (Å²) in [5, 5.41) is 6.28. The maximum absolute atomic E-state index is 11.9. The predicted molar refractivity (Wildman–Crippen MR) is 78.3 cm³/mol. The van der Waals surface area contributed by atoms with Crippen LogP contribution < -0.4 is 5.32 Å². The molecular weight excluding hydrogens is 324 g/mol. The van der Waals surface area contributed by atoms with E-state index in [2.05, 4.69) is 20.4 Å². The minimum atomic E-state index is -3.11. The monoisotopic (exact) mass is 338 g/mol. The molecule has 0 bridgehead atoms. The van der Waals surface area contributed by atoms with Crippen LogP contribution >= 0.6 is 0 Å². The Kier molecular flexibility index (Phi) is 4.07. The number of amides is 2. The number of dihydropyridines is 1. The molecule has 1 N–H and O–H groups in total. The van der Waals surface area contributed by atoms with Crippen molar-refractivity contribution in [1.82, 2.24) is 15.5 Å². The zero-order valence-electron chi connectivity index (χ0n) is 12.0. The van der Waals surface area contributed by atoms with Crippen LogP contribution in [0.25, 0.3) is 0 Å². The number of allylic oxidation sites excluding steroid dienone is 1. The summed E-state index contributed by atoms with van der Waals surface area (Å²) < 4.78 is 27.7. The number of nitrogens with zero attached hydrogens (tertiary/aromatic N) is 3. The molecule has 0 spiro atoms. The first kappa shape index (κ1) is 15.5. The van der Waals surface area contributed by atoms with Crippen molar-refractivity contribution in [2.24, 2.45) is 10.9 Å². The van der Waals surface area contributed by atoms with Gasteiger partial charge in [-0.2, -0.15) is 4.98 Å². The van der Waals surface area contributed by atoms with E-state index in [1.807, 2.05) is 0 Å². The quantitative estimate of drug-likeness (QED) is 0.773. The zero-order chi connectivity index (χ0) is 16.4. The van der Waals surface area contributed by atoms with Gasteiger partial charge in [-0.05, 0) is 12.5 Å². The van der Waals surface area contributed by atoms with Gasteiger partial charge in [0.05, 0.1) is 24.0 Å². The lowest BCUT2D eigenvalue weighted by molar-refractivity contribution is -0.124.